The summed E-state index contributed by atoms with van der Waals surface area (Å²) in [5.74, 6) is -1.38. The lowest BCUT2D eigenvalue weighted by Gasteiger charge is -2.15. The third-order valence-electron chi connectivity index (χ3n) is 5.31. The Hall–Kier alpha value is -5.31. The maximum Gasteiger partial charge on any atom is 0.335 e. The van der Waals surface area contributed by atoms with Gasteiger partial charge in [-0.05, 0) is 48.5 Å². The van der Waals surface area contributed by atoms with Crippen molar-refractivity contribution in [2.24, 2.45) is 0 Å². The molecule has 2 heterocycles. The molecule has 4 rings (SSSR count). The van der Waals surface area contributed by atoms with Crippen molar-refractivity contribution in [1.29, 1.82) is 5.26 Å². The first-order valence-electron chi connectivity index (χ1n) is 10.9. The van der Waals surface area contributed by atoms with Gasteiger partial charge in [0.25, 0.3) is 0 Å². The van der Waals surface area contributed by atoms with E-state index in [2.05, 4.69) is 10.2 Å². The molecule has 0 spiro atoms. The molecule has 37 heavy (non-hydrogen) atoms. The van der Waals surface area contributed by atoms with Crippen LogP contribution >= 0.6 is 0 Å². The minimum atomic E-state index is -0.997. The average molecular weight is 503 g/mol. The van der Waals surface area contributed by atoms with Gasteiger partial charge in [-0.15, -0.1) is 0 Å². The first kappa shape index (κ1) is 26.3. The summed E-state index contributed by atoms with van der Waals surface area (Å²) in [6, 6.07) is 14.3. The topological polar surface area (TPSA) is 212 Å². The molecule has 2 aromatic carbocycles. The maximum atomic E-state index is 10.8. The van der Waals surface area contributed by atoms with Crippen LogP contribution in [0.2, 0.25) is 0 Å². The van der Waals surface area contributed by atoms with Crippen molar-refractivity contribution < 1.29 is 19.8 Å². The molecule has 0 saturated heterocycles. The second kappa shape index (κ2) is 10.1. The first-order valence-corrected chi connectivity index (χ1v) is 10.9. The molecule has 0 unspecified atom stereocenters. The van der Waals surface area contributed by atoms with Crippen LogP contribution in [0.15, 0.2) is 54.7 Å². The van der Waals surface area contributed by atoms with Crippen molar-refractivity contribution in [1.82, 2.24) is 19.6 Å². The van der Waals surface area contributed by atoms with Crippen molar-refractivity contribution >= 4 is 29.3 Å². The van der Waals surface area contributed by atoms with Gasteiger partial charge in [-0.25, -0.2) is 19.0 Å². The van der Waals surface area contributed by atoms with Gasteiger partial charge >= 0.3 is 11.9 Å². The standard InChI is InChI=1S/C14H18N4O2.C11H8N4O2/c1-14(2,3)11-10(15)12(16)18(17-11)9-6-4-8(5-7-9)13(19)20;12-5-8-6-14-15(10(8)13)9-3-1-7(2-4-9)11(16)17/h4-7H,15-16H2,1-3H3,(H,19,20);1-4,6H,13H2,(H,16,17). The summed E-state index contributed by atoms with van der Waals surface area (Å²) in [4.78, 5) is 21.5. The van der Waals surface area contributed by atoms with Gasteiger partial charge in [0.2, 0.25) is 0 Å². The Balaban J connectivity index is 0.000000208. The quantitative estimate of drug-likeness (QED) is 0.275. The Labute approximate surface area is 212 Å². The van der Waals surface area contributed by atoms with E-state index in [1.165, 1.54) is 39.8 Å². The van der Waals surface area contributed by atoms with E-state index >= 15 is 0 Å². The highest BCUT2D eigenvalue weighted by Crippen LogP contribution is 2.32. The molecule has 0 amide bonds. The van der Waals surface area contributed by atoms with E-state index in [1.807, 2.05) is 26.8 Å². The third-order valence-corrected chi connectivity index (χ3v) is 5.31. The molecule has 12 heteroatoms. The fourth-order valence-electron chi connectivity index (χ4n) is 3.33. The number of aromatic carboxylic acids is 2. The molecule has 0 saturated carbocycles. The molecule has 0 aliphatic carbocycles. The normalized spacial score (nSPS) is 10.8. The summed E-state index contributed by atoms with van der Waals surface area (Å²) in [7, 11) is 0. The maximum absolute atomic E-state index is 10.8. The first-order chi connectivity index (χ1) is 17.3. The van der Waals surface area contributed by atoms with Crippen molar-refractivity contribution in [2.45, 2.75) is 26.2 Å². The van der Waals surface area contributed by atoms with Gasteiger partial charge in [0.15, 0.2) is 5.82 Å². The molecule has 0 aliphatic heterocycles. The van der Waals surface area contributed by atoms with Crippen LogP contribution in [-0.2, 0) is 5.41 Å². The van der Waals surface area contributed by atoms with Crippen LogP contribution in [0.4, 0.5) is 17.3 Å². The van der Waals surface area contributed by atoms with E-state index in [1.54, 1.807) is 24.3 Å². The van der Waals surface area contributed by atoms with Crippen LogP contribution in [0.25, 0.3) is 11.4 Å². The summed E-state index contributed by atoms with van der Waals surface area (Å²) in [5, 5.41) is 34.8. The van der Waals surface area contributed by atoms with Crippen LogP contribution in [0, 0.1) is 11.3 Å². The fraction of sp³-hybridized carbons (Fsp3) is 0.160. The number of nitriles is 1. The van der Waals surface area contributed by atoms with Gasteiger partial charge < -0.3 is 27.4 Å². The van der Waals surface area contributed by atoms with Crippen molar-refractivity contribution in [3.05, 3.63) is 77.1 Å². The Kier molecular flexibility index (Phi) is 7.20. The number of hydrogen-bond donors (Lipinski definition) is 5. The molecular formula is C25H26N8O4. The summed E-state index contributed by atoms with van der Waals surface area (Å²) < 4.78 is 2.91. The molecule has 12 nitrogen and oxygen atoms in total. The van der Waals surface area contributed by atoms with Gasteiger partial charge in [0, 0.05) is 5.41 Å². The fourth-order valence-corrected chi connectivity index (χ4v) is 3.33. The van der Waals surface area contributed by atoms with Gasteiger partial charge in [-0.3, -0.25) is 0 Å². The lowest BCUT2D eigenvalue weighted by molar-refractivity contribution is 0.0686. The second-order valence-electron chi connectivity index (χ2n) is 8.98. The number of aromatic nitrogens is 4. The summed E-state index contributed by atoms with van der Waals surface area (Å²) in [6.07, 6.45) is 1.36. The SMILES string of the molecule is CC(C)(C)c1nn(-c2ccc(C(=O)O)cc2)c(N)c1N.N#Cc1cnn(-c2ccc(C(=O)O)cc2)c1N. The van der Waals surface area contributed by atoms with Crippen molar-refractivity contribution in [3.63, 3.8) is 0 Å². The number of carboxylic acids is 2. The number of hydrogen-bond acceptors (Lipinski definition) is 8. The molecule has 0 bridgehead atoms. The number of benzene rings is 2. The van der Waals surface area contributed by atoms with Crippen molar-refractivity contribution in [3.8, 4) is 17.4 Å². The van der Waals surface area contributed by atoms with Crippen LogP contribution in [0.3, 0.4) is 0 Å². The Morgan fingerprint density at radius 3 is 1.65 bits per heavy atom. The van der Waals surface area contributed by atoms with E-state index in [0.717, 1.165) is 5.69 Å². The van der Waals surface area contributed by atoms with E-state index < -0.39 is 11.9 Å². The monoisotopic (exact) mass is 502 g/mol. The van der Waals surface area contributed by atoms with Crippen molar-refractivity contribution in [2.75, 3.05) is 17.2 Å². The Morgan fingerprint density at radius 2 is 1.30 bits per heavy atom. The number of nitrogen functional groups attached to an aromatic ring is 3. The summed E-state index contributed by atoms with van der Waals surface area (Å²) >= 11 is 0. The van der Waals surface area contributed by atoms with Gasteiger partial charge in [0.05, 0.1) is 40.1 Å². The number of carboxylic acid groups (broad SMARTS) is 2. The zero-order valence-electron chi connectivity index (χ0n) is 20.4. The molecule has 4 aromatic rings. The highest BCUT2D eigenvalue weighted by atomic mass is 16.4. The molecule has 0 radical (unpaired) electrons. The van der Waals surface area contributed by atoms with E-state index in [0.29, 0.717) is 22.9 Å². The number of nitrogens with two attached hydrogens (primary N) is 3. The highest BCUT2D eigenvalue weighted by Gasteiger charge is 2.24. The Bertz CT molecular complexity index is 1490. The zero-order valence-corrected chi connectivity index (χ0v) is 20.4. The van der Waals surface area contributed by atoms with Gasteiger partial charge in [-0.1, -0.05) is 20.8 Å². The van der Waals surface area contributed by atoms with E-state index in [9.17, 15) is 9.59 Å². The van der Waals surface area contributed by atoms with Crippen LogP contribution in [0.5, 0.6) is 0 Å². The third kappa shape index (κ3) is 5.51. The predicted molar refractivity (Wildman–Crippen MR) is 138 cm³/mol. The smallest absolute Gasteiger partial charge is 0.335 e. The number of carbonyl (C=O) groups is 2. The van der Waals surface area contributed by atoms with Gasteiger partial charge in [-0.2, -0.15) is 15.5 Å². The average Bonchev–Trinajstić information content (AvgIpc) is 3.38. The van der Waals surface area contributed by atoms with E-state index in [-0.39, 0.29) is 27.9 Å². The lowest BCUT2D eigenvalue weighted by atomic mass is 9.91. The molecule has 0 aliphatic rings. The minimum Gasteiger partial charge on any atom is -0.478 e. The van der Waals surface area contributed by atoms with Crippen LogP contribution in [-0.4, -0.2) is 41.7 Å². The molecule has 190 valence electrons. The second-order valence-corrected chi connectivity index (χ2v) is 8.98. The molecular weight excluding hydrogens is 476 g/mol. The molecule has 0 fully saturated rings. The minimum absolute atomic E-state index is 0.181. The van der Waals surface area contributed by atoms with Gasteiger partial charge in [0.1, 0.15) is 17.5 Å². The summed E-state index contributed by atoms with van der Waals surface area (Å²) in [5.41, 5.74) is 20.6. The highest BCUT2D eigenvalue weighted by molar-refractivity contribution is 5.88. The predicted octanol–water partition coefficient (Wildman–Crippen LogP) is 3.06. The number of anilines is 3. The van der Waals surface area contributed by atoms with E-state index in [4.69, 9.17) is 32.7 Å². The molecule has 2 aromatic heterocycles. The molecule has 0 atom stereocenters. The van der Waals surface area contributed by atoms with Crippen LogP contribution in [0.1, 0.15) is 52.7 Å². The zero-order chi connectivity index (χ0) is 27.5. The number of rotatable bonds is 4. The summed E-state index contributed by atoms with van der Waals surface area (Å²) in [6.45, 7) is 6.01. The lowest BCUT2D eigenvalue weighted by Crippen LogP contribution is -2.14. The largest absolute Gasteiger partial charge is 0.478 e. The van der Waals surface area contributed by atoms with Crippen LogP contribution < -0.4 is 17.2 Å². The Morgan fingerprint density at radius 1 is 0.838 bits per heavy atom. The molecule has 8 N–H and O–H groups in total. The number of nitrogens with zero attached hydrogens (tertiary/aromatic N) is 5.